The van der Waals surface area contributed by atoms with Gasteiger partial charge < -0.3 is 10.4 Å². The van der Waals surface area contributed by atoms with Gasteiger partial charge >= 0.3 is 0 Å². The van der Waals surface area contributed by atoms with E-state index in [1.165, 1.54) is 11.3 Å². The Labute approximate surface area is 85.0 Å². The number of benzene rings is 1. The number of phenols is 1. The minimum atomic E-state index is 0.130. The zero-order valence-electron chi connectivity index (χ0n) is 9.23. The number of hydrogen-bond acceptors (Lipinski definition) is 2. The lowest BCUT2D eigenvalue weighted by Gasteiger charge is -2.20. The van der Waals surface area contributed by atoms with E-state index in [0.29, 0.717) is 5.75 Å². The maximum Gasteiger partial charge on any atom is 0.121 e. The molecular weight excluding hydrogens is 174 g/mol. The van der Waals surface area contributed by atoms with Crippen molar-refractivity contribution in [2.24, 2.45) is 0 Å². The standard InChI is InChI=1S/C12H17NO/c1-7-5-9-10(8(2)11(7)14)12(3,4)6-13-9/h5,13-14H,6H2,1-4H3. The molecule has 0 fully saturated rings. The summed E-state index contributed by atoms with van der Waals surface area (Å²) < 4.78 is 0. The van der Waals surface area contributed by atoms with Crippen molar-refractivity contribution in [3.8, 4) is 5.75 Å². The molecule has 76 valence electrons. The summed E-state index contributed by atoms with van der Waals surface area (Å²) in [5.41, 5.74) is 4.55. The summed E-state index contributed by atoms with van der Waals surface area (Å²) in [6.45, 7) is 9.29. The Kier molecular flexibility index (Phi) is 1.78. The highest BCUT2D eigenvalue weighted by Gasteiger charge is 2.32. The Morgan fingerprint density at radius 2 is 2.00 bits per heavy atom. The number of phenolic OH excluding ortho intramolecular Hbond substituents is 1. The molecule has 0 spiro atoms. The van der Waals surface area contributed by atoms with Crippen LogP contribution in [0, 0.1) is 13.8 Å². The van der Waals surface area contributed by atoms with Crippen molar-refractivity contribution in [2.75, 3.05) is 11.9 Å². The van der Waals surface area contributed by atoms with Crippen molar-refractivity contribution in [3.05, 3.63) is 22.8 Å². The molecule has 0 saturated heterocycles. The van der Waals surface area contributed by atoms with Gasteiger partial charge in [-0.3, -0.25) is 0 Å². The van der Waals surface area contributed by atoms with E-state index < -0.39 is 0 Å². The first kappa shape index (κ1) is 9.38. The summed E-state index contributed by atoms with van der Waals surface area (Å²) in [7, 11) is 0. The molecule has 1 aromatic carbocycles. The topological polar surface area (TPSA) is 32.3 Å². The van der Waals surface area contributed by atoms with Crippen LogP contribution in [0.1, 0.15) is 30.5 Å². The SMILES string of the molecule is Cc1cc2c(c(C)c1O)C(C)(C)CN2. The van der Waals surface area contributed by atoms with Crippen LogP contribution in [-0.4, -0.2) is 11.7 Å². The number of aryl methyl sites for hydroxylation is 1. The lowest BCUT2D eigenvalue weighted by Crippen LogP contribution is -2.19. The van der Waals surface area contributed by atoms with Gasteiger partial charge in [-0.05, 0) is 36.6 Å². The van der Waals surface area contributed by atoms with Crippen molar-refractivity contribution in [1.29, 1.82) is 0 Å². The third-order valence-electron chi connectivity index (χ3n) is 3.13. The summed E-state index contributed by atoms with van der Waals surface area (Å²) in [6.07, 6.45) is 0. The Hall–Kier alpha value is -1.18. The van der Waals surface area contributed by atoms with Crippen LogP contribution in [0.4, 0.5) is 5.69 Å². The van der Waals surface area contributed by atoms with Gasteiger partial charge in [0.05, 0.1) is 0 Å². The van der Waals surface area contributed by atoms with E-state index in [0.717, 1.165) is 17.7 Å². The van der Waals surface area contributed by atoms with E-state index in [1.807, 2.05) is 19.9 Å². The second kappa shape index (κ2) is 2.66. The first-order chi connectivity index (χ1) is 6.43. The first-order valence-corrected chi connectivity index (χ1v) is 5.01. The van der Waals surface area contributed by atoms with Crippen LogP contribution in [0.3, 0.4) is 0 Å². The maximum atomic E-state index is 9.87. The number of aromatic hydroxyl groups is 1. The largest absolute Gasteiger partial charge is 0.507 e. The van der Waals surface area contributed by atoms with Crippen LogP contribution in [0.5, 0.6) is 5.75 Å². The summed E-state index contributed by atoms with van der Waals surface area (Å²) in [4.78, 5) is 0. The summed E-state index contributed by atoms with van der Waals surface area (Å²) in [5.74, 6) is 0.445. The molecule has 0 amide bonds. The highest BCUT2D eigenvalue weighted by molar-refractivity contribution is 5.67. The molecule has 2 heteroatoms. The van der Waals surface area contributed by atoms with Crippen molar-refractivity contribution in [3.63, 3.8) is 0 Å². The van der Waals surface area contributed by atoms with Gasteiger partial charge in [-0.15, -0.1) is 0 Å². The second-order valence-electron chi connectivity index (χ2n) is 4.83. The van der Waals surface area contributed by atoms with Gasteiger partial charge in [0.2, 0.25) is 0 Å². The van der Waals surface area contributed by atoms with E-state index in [2.05, 4.69) is 19.2 Å². The lowest BCUT2D eigenvalue weighted by molar-refractivity contribution is 0.463. The minimum Gasteiger partial charge on any atom is -0.507 e. The number of nitrogens with one attached hydrogen (secondary N) is 1. The lowest BCUT2D eigenvalue weighted by atomic mass is 9.83. The van der Waals surface area contributed by atoms with Crippen LogP contribution in [0.15, 0.2) is 6.07 Å². The van der Waals surface area contributed by atoms with Crippen molar-refractivity contribution in [1.82, 2.24) is 0 Å². The van der Waals surface area contributed by atoms with Gasteiger partial charge in [0.25, 0.3) is 0 Å². The number of anilines is 1. The Bertz CT molecular complexity index is 394. The highest BCUT2D eigenvalue weighted by Crippen LogP contribution is 2.42. The molecular formula is C12H17NO. The number of rotatable bonds is 0. The molecule has 14 heavy (non-hydrogen) atoms. The Balaban J connectivity index is 2.73. The zero-order valence-corrected chi connectivity index (χ0v) is 9.23. The quantitative estimate of drug-likeness (QED) is 0.618. The fourth-order valence-corrected chi connectivity index (χ4v) is 2.39. The van der Waals surface area contributed by atoms with Crippen LogP contribution in [0.25, 0.3) is 0 Å². The fraction of sp³-hybridized carbons (Fsp3) is 0.500. The van der Waals surface area contributed by atoms with E-state index in [4.69, 9.17) is 0 Å². The monoisotopic (exact) mass is 191 g/mol. The molecule has 1 aliphatic rings. The normalized spacial score (nSPS) is 17.7. The van der Waals surface area contributed by atoms with Crippen LogP contribution < -0.4 is 5.32 Å². The maximum absolute atomic E-state index is 9.87. The van der Waals surface area contributed by atoms with Crippen molar-refractivity contribution >= 4 is 5.69 Å². The molecule has 1 heterocycles. The van der Waals surface area contributed by atoms with E-state index in [9.17, 15) is 5.11 Å². The van der Waals surface area contributed by atoms with Crippen LogP contribution >= 0.6 is 0 Å². The van der Waals surface area contributed by atoms with E-state index in [1.54, 1.807) is 0 Å². The van der Waals surface area contributed by atoms with E-state index >= 15 is 0 Å². The summed E-state index contributed by atoms with van der Waals surface area (Å²) in [6, 6.07) is 2.03. The van der Waals surface area contributed by atoms with Gasteiger partial charge in [-0.2, -0.15) is 0 Å². The highest BCUT2D eigenvalue weighted by atomic mass is 16.3. The molecule has 1 aromatic rings. The smallest absolute Gasteiger partial charge is 0.121 e. The Morgan fingerprint density at radius 1 is 1.36 bits per heavy atom. The average molecular weight is 191 g/mol. The van der Waals surface area contributed by atoms with Gasteiger partial charge in [-0.1, -0.05) is 13.8 Å². The second-order valence-corrected chi connectivity index (χ2v) is 4.83. The molecule has 1 aliphatic heterocycles. The van der Waals surface area contributed by atoms with Crippen LogP contribution in [-0.2, 0) is 5.41 Å². The van der Waals surface area contributed by atoms with Gasteiger partial charge in [0.15, 0.2) is 0 Å². The Morgan fingerprint density at radius 3 is 2.64 bits per heavy atom. The van der Waals surface area contributed by atoms with Gasteiger partial charge in [0, 0.05) is 17.6 Å². The predicted molar refractivity (Wildman–Crippen MR) is 59.1 cm³/mol. The van der Waals surface area contributed by atoms with Gasteiger partial charge in [0.1, 0.15) is 5.75 Å². The third-order valence-corrected chi connectivity index (χ3v) is 3.13. The number of fused-ring (bicyclic) bond motifs is 1. The molecule has 0 atom stereocenters. The molecule has 0 unspecified atom stereocenters. The summed E-state index contributed by atoms with van der Waals surface area (Å²) >= 11 is 0. The summed E-state index contributed by atoms with van der Waals surface area (Å²) in [5, 5.41) is 13.3. The van der Waals surface area contributed by atoms with Gasteiger partial charge in [-0.25, -0.2) is 0 Å². The van der Waals surface area contributed by atoms with Crippen molar-refractivity contribution < 1.29 is 5.11 Å². The molecule has 0 radical (unpaired) electrons. The minimum absolute atomic E-state index is 0.130. The predicted octanol–water partition coefficient (Wildman–Crippen LogP) is 2.71. The molecule has 0 aromatic heterocycles. The number of hydrogen-bond donors (Lipinski definition) is 2. The molecule has 0 bridgehead atoms. The fourth-order valence-electron chi connectivity index (χ4n) is 2.39. The van der Waals surface area contributed by atoms with Crippen LogP contribution in [0.2, 0.25) is 0 Å². The first-order valence-electron chi connectivity index (χ1n) is 5.01. The zero-order chi connectivity index (χ0) is 10.5. The third kappa shape index (κ3) is 1.10. The van der Waals surface area contributed by atoms with E-state index in [-0.39, 0.29) is 5.41 Å². The molecule has 2 N–H and O–H groups in total. The molecule has 0 aliphatic carbocycles. The molecule has 0 saturated carbocycles. The average Bonchev–Trinajstić information content (AvgIpc) is 2.38. The molecule has 2 nitrogen and oxygen atoms in total. The molecule has 2 rings (SSSR count). The van der Waals surface area contributed by atoms with Crippen molar-refractivity contribution in [2.45, 2.75) is 33.1 Å².